The fourth-order valence-corrected chi connectivity index (χ4v) is 2.41. The van der Waals surface area contributed by atoms with Crippen molar-refractivity contribution in [2.24, 2.45) is 5.73 Å². The summed E-state index contributed by atoms with van der Waals surface area (Å²) in [6.07, 6.45) is 0.656. The van der Waals surface area contributed by atoms with Gasteiger partial charge in [-0.15, -0.1) is 0 Å². The molecule has 1 atom stereocenters. The van der Waals surface area contributed by atoms with E-state index in [0.29, 0.717) is 6.42 Å². The lowest BCUT2D eigenvalue weighted by molar-refractivity contribution is -0.118. The molecule has 0 saturated heterocycles. The highest BCUT2D eigenvalue weighted by Gasteiger charge is 2.15. The minimum Gasteiger partial charge on any atom is -0.372 e. The maximum absolute atomic E-state index is 11.1. The van der Waals surface area contributed by atoms with Crippen LogP contribution in [0.15, 0.2) is 27.1 Å². The fraction of sp³-hybridized carbons (Fsp3) is 0.300. The van der Waals surface area contributed by atoms with Gasteiger partial charge in [0, 0.05) is 8.95 Å². The van der Waals surface area contributed by atoms with Gasteiger partial charge in [-0.25, -0.2) is 0 Å². The number of nitrogens with one attached hydrogen (secondary N) is 1. The van der Waals surface area contributed by atoms with E-state index in [2.05, 4.69) is 37.2 Å². The van der Waals surface area contributed by atoms with Crippen molar-refractivity contribution in [2.75, 3.05) is 5.32 Å². The number of primary amides is 1. The molecule has 0 fully saturated rings. The molecule has 82 valence electrons. The molecule has 3 nitrogen and oxygen atoms in total. The molecule has 1 aromatic carbocycles. The van der Waals surface area contributed by atoms with Crippen molar-refractivity contribution in [1.82, 2.24) is 0 Å². The average molecular weight is 336 g/mol. The van der Waals surface area contributed by atoms with Gasteiger partial charge in [0.2, 0.25) is 5.91 Å². The summed E-state index contributed by atoms with van der Waals surface area (Å²) in [6.45, 7) is 1.91. The van der Waals surface area contributed by atoms with Gasteiger partial charge in [0.1, 0.15) is 6.04 Å². The van der Waals surface area contributed by atoms with Crippen molar-refractivity contribution >= 4 is 43.5 Å². The molecular formula is C10H12Br2N2O. The van der Waals surface area contributed by atoms with Crippen molar-refractivity contribution in [2.45, 2.75) is 19.4 Å². The van der Waals surface area contributed by atoms with Crippen LogP contribution in [0, 0.1) is 0 Å². The number of rotatable bonds is 4. The summed E-state index contributed by atoms with van der Waals surface area (Å²) in [4.78, 5) is 11.1. The largest absolute Gasteiger partial charge is 0.372 e. The predicted octanol–water partition coefficient (Wildman–Crippen LogP) is 2.89. The lowest BCUT2D eigenvalue weighted by Crippen LogP contribution is -2.34. The molecule has 0 heterocycles. The molecule has 1 amide bonds. The molecule has 1 aromatic rings. The van der Waals surface area contributed by atoms with Crippen LogP contribution in [0.5, 0.6) is 0 Å². The number of anilines is 1. The smallest absolute Gasteiger partial charge is 0.239 e. The number of para-hydroxylation sites is 1. The summed E-state index contributed by atoms with van der Waals surface area (Å²) in [6, 6.07) is 5.37. The molecule has 1 rings (SSSR count). The molecule has 1 unspecified atom stereocenters. The van der Waals surface area contributed by atoms with Crippen LogP contribution in [0.25, 0.3) is 0 Å². The highest BCUT2D eigenvalue weighted by molar-refractivity contribution is 9.11. The molecular weight excluding hydrogens is 324 g/mol. The Morgan fingerprint density at radius 3 is 2.40 bits per heavy atom. The van der Waals surface area contributed by atoms with Crippen molar-refractivity contribution in [3.8, 4) is 0 Å². The summed E-state index contributed by atoms with van der Waals surface area (Å²) in [5.74, 6) is -0.347. The average Bonchev–Trinajstić information content (AvgIpc) is 2.17. The minimum absolute atomic E-state index is 0.347. The standard InChI is InChI=1S/C10H12Br2N2O/c1-2-8(10(13)15)14-9-6(11)4-3-5-7(9)12/h3-5,8,14H,2H2,1H3,(H2,13,15). The van der Waals surface area contributed by atoms with E-state index in [1.807, 2.05) is 25.1 Å². The third kappa shape index (κ3) is 3.21. The van der Waals surface area contributed by atoms with Gasteiger partial charge in [-0.05, 0) is 50.4 Å². The molecule has 0 aliphatic rings. The number of benzene rings is 1. The highest BCUT2D eigenvalue weighted by atomic mass is 79.9. The summed E-state index contributed by atoms with van der Waals surface area (Å²) in [7, 11) is 0. The van der Waals surface area contributed by atoms with E-state index in [-0.39, 0.29) is 11.9 Å². The van der Waals surface area contributed by atoms with E-state index in [4.69, 9.17) is 5.73 Å². The van der Waals surface area contributed by atoms with Crippen molar-refractivity contribution in [3.63, 3.8) is 0 Å². The normalized spacial score (nSPS) is 12.2. The molecule has 0 aliphatic heterocycles. The Kier molecular flexibility index (Phi) is 4.60. The fourth-order valence-electron chi connectivity index (χ4n) is 1.18. The van der Waals surface area contributed by atoms with Crippen LogP contribution in [0.3, 0.4) is 0 Å². The molecule has 5 heteroatoms. The molecule has 0 aromatic heterocycles. The number of amides is 1. The first-order valence-electron chi connectivity index (χ1n) is 4.56. The quantitative estimate of drug-likeness (QED) is 0.888. The zero-order valence-corrected chi connectivity index (χ0v) is 11.4. The summed E-state index contributed by atoms with van der Waals surface area (Å²) in [5.41, 5.74) is 6.11. The van der Waals surface area contributed by atoms with Crippen LogP contribution in [0.2, 0.25) is 0 Å². The molecule has 0 aliphatic carbocycles. The van der Waals surface area contributed by atoms with Crippen LogP contribution < -0.4 is 11.1 Å². The number of halogens is 2. The minimum atomic E-state index is -0.347. The van der Waals surface area contributed by atoms with E-state index in [0.717, 1.165) is 14.6 Å². The van der Waals surface area contributed by atoms with E-state index in [1.165, 1.54) is 0 Å². The predicted molar refractivity (Wildman–Crippen MR) is 68.7 cm³/mol. The monoisotopic (exact) mass is 334 g/mol. The van der Waals surface area contributed by atoms with Crippen LogP contribution in [-0.2, 0) is 4.79 Å². The van der Waals surface area contributed by atoms with Crippen LogP contribution >= 0.6 is 31.9 Å². The summed E-state index contributed by atoms with van der Waals surface area (Å²) < 4.78 is 1.80. The lowest BCUT2D eigenvalue weighted by Gasteiger charge is -2.17. The van der Waals surface area contributed by atoms with Gasteiger partial charge in [0.25, 0.3) is 0 Å². The van der Waals surface area contributed by atoms with Gasteiger partial charge in [-0.3, -0.25) is 4.79 Å². The van der Waals surface area contributed by atoms with Gasteiger partial charge >= 0.3 is 0 Å². The highest BCUT2D eigenvalue weighted by Crippen LogP contribution is 2.31. The molecule has 0 bridgehead atoms. The van der Waals surface area contributed by atoms with E-state index >= 15 is 0 Å². The first kappa shape index (κ1) is 12.5. The zero-order chi connectivity index (χ0) is 11.4. The number of hydrogen-bond donors (Lipinski definition) is 2. The Bertz CT molecular complexity index is 348. The molecule has 3 N–H and O–H groups in total. The maximum atomic E-state index is 11.1. The van der Waals surface area contributed by atoms with Gasteiger partial charge in [-0.1, -0.05) is 13.0 Å². The van der Waals surface area contributed by atoms with Gasteiger partial charge in [0.05, 0.1) is 5.69 Å². The summed E-state index contributed by atoms with van der Waals surface area (Å²) >= 11 is 6.82. The zero-order valence-electron chi connectivity index (χ0n) is 8.26. The van der Waals surface area contributed by atoms with Crippen molar-refractivity contribution in [1.29, 1.82) is 0 Å². The van der Waals surface area contributed by atoms with Crippen LogP contribution in [0.4, 0.5) is 5.69 Å². The Morgan fingerprint density at radius 1 is 1.47 bits per heavy atom. The third-order valence-electron chi connectivity index (χ3n) is 2.03. The molecule has 0 radical (unpaired) electrons. The Hall–Kier alpha value is -0.550. The van der Waals surface area contributed by atoms with Crippen molar-refractivity contribution in [3.05, 3.63) is 27.1 Å². The molecule has 15 heavy (non-hydrogen) atoms. The number of hydrogen-bond acceptors (Lipinski definition) is 2. The Balaban J connectivity index is 2.92. The van der Waals surface area contributed by atoms with E-state index in [9.17, 15) is 4.79 Å². The Labute approximate surface area is 106 Å². The number of carbonyl (C=O) groups excluding carboxylic acids is 1. The first-order valence-corrected chi connectivity index (χ1v) is 6.14. The topological polar surface area (TPSA) is 55.1 Å². The van der Waals surface area contributed by atoms with Crippen LogP contribution in [-0.4, -0.2) is 11.9 Å². The summed E-state index contributed by atoms with van der Waals surface area (Å²) in [5, 5.41) is 3.10. The Morgan fingerprint density at radius 2 is 2.00 bits per heavy atom. The van der Waals surface area contributed by atoms with Crippen LogP contribution in [0.1, 0.15) is 13.3 Å². The number of carbonyl (C=O) groups is 1. The SMILES string of the molecule is CCC(Nc1c(Br)cccc1Br)C(N)=O. The second-order valence-corrected chi connectivity index (χ2v) is 4.81. The second-order valence-electron chi connectivity index (χ2n) is 3.10. The lowest BCUT2D eigenvalue weighted by atomic mass is 10.2. The van der Waals surface area contributed by atoms with Crippen molar-refractivity contribution < 1.29 is 4.79 Å². The van der Waals surface area contributed by atoms with Gasteiger partial charge in [-0.2, -0.15) is 0 Å². The number of nitrogens with two attached hydrogens (primary N) is 1. The third-order valence-corrected chi connectivity index (χ3v) is 3.35. The molecule has 0 saturated carbocycles. The van der Waals surface area contributed by atoms with Gasteiger partial charge in [0.15, 0.2) is 0 Å². The van der Waals surface area contributed by atoms with E-state index in [1.54, 1.807) is 0 Å². The molecule has 0 spiro atoms. The first-order chi connectivity index (χ1) is 7.06. The van der Waals surface area contributed by atoms with E-state index < -0.39 is 0 Å². The second kappa shape index (κ2) is 5.51. The van der Waals surface area contributed by atoms with Gasteiger partial charge < -0.3 is 11.1 Å². The maximum Gasteiger partial charge on any atom is 0.239 e.